The number of hydrogen-bond acceptors (Lipinski definition) is 17. The average Bonchev–Trinajstić information content (AvgIpc) is 3.16. The Hall–Kier alpha value is -3.20. The van der Waals surface area contributed by atoms with Crippen molar-refractivity contribution in [3.05, 3.63) is 67.6 Å². The van der Waals surface area contributed by atoms with Gasteiger partial charge in [0.05, 0.1) is 34.1 Å². The number of benzene rings is 2. The highest BCUT2D eigenvalue weighted by molar-refractivity contribution is 5.78. The summed E-state index contributed by atoms with van der Waals surface area (Å²) in [6.45, 7) is 0. The summed E-state index contributed by atoms with van der Waals surface area (Å²) in [6, 6.07) is 6.50. The van der Waals surface area contributed by atoms with Gasteiger partial charge in [-0.15, -0.1) is 0 Å². The lowest BCUT2D eigenvalue weighted by Gasteiger charge is -2.32. The number of hydrogen-bond donors (Lipinski definition) is 1. The van der Waals surface area contributed by atoms with Gasteiger partial charge in [-0.2, -0.15) is 19.8 Å². The fraction of sp³-hybridized carbons (Fsp3) is 0. The predicted octanol–water partition coefficient (Wildman–Crippen LogP) is 1.22. The van der Waals surface area contributed by atoms with Crippen molar-refractivity contribution < 1.29 is 19.8 Å². The Labute approximate surface area is 159 Å². The molecule has 2 aromatic carbocycles. The van der Waals surface area contributed by atoms with Crippen molar-refractivity contribution in [1.82, 2.24) is 5.64 Å². The molecule has 0 saturated carbocycles. The third-order valence-corrected chi connectivity index (χ3v) is 3.66. The minimum absolute atomic E-state index is 0.0461. The van der Waals surface area contributed by atoms with Crippen molar-refractivity contribution in [1.29, 1.82) is 0 Å². The Morgan fingerprint density at radius 1 is 0.655 bits per heavy atom. The van der Waals surface area contributed by atoms with E-state index in [1.165, 1.54) is 0 Å². The molecule has 0 amide bonds. The van der Waals surface area contributed by atoms with E-state index >= 15 is 0 Å². The van der Waals surface area contributed by atoms with Crippen LogP contribution in [0.1, 0.15) is 0 Å². The lowest BCUT2D eigenvalue weighted by Crippen LogP contribution is -2.32. The van der Waals surface area contributed by atoms with Gasteiger partial charge in [-0.3, -0.25) is 31.4 Å². The van der Waals surface area contributed by atoms with Crippen LogP contribution in [-0.4, -0.2) is 0 Å². The molecular weight excluding hydrogens is 402 g/mol. The largest absolute Gasteiger partial charge is 0.732 e. The van der Waals surface area contributed by atoms with Gasteiger partial charge in [-0.1, -0.05) is 0 Å². The first-order chi connectivity index (χ1) is 13.8. The Balaban J connectivity index is 1.35. The summed E-state index contributed by atoms with van der Waals surface area (Å²) in [6.07, 6.45) is 0. The van der Waals surface area contributed by atoms with Crippen LogP contribution in [0.5, 0.6) is 0 Å². The number of fused-ring (bicyclic) bond motifs is 2. The lowest BCUT2D eigenvalue weighted by atomic mass is 10.2. The Morgan fingerprint density at radius 3 is 1.45 bits per heavy atom. The molecule has 0 aromatic heterocycles. The van der Waals surface area contributed by atoms with Crippen LogP contribution in [-0.2, 0) is 19.8 Å². The summed E-state index contributed by atoms with van der Waals surface area (Å²) in [7, 11) is 0. The smallest absolute Gasteiger partial charge is 0.0805 e. The highest BCUT2D eigenvalue weighted by Gasteiger charge is 2.18. The molecule has 0 atom stereocenters. The van der Waals surface area contributed by atoms with E-state index in [1.807, 2.05) is 0 Å². The second kappa shape index (κ2) is 7.32. The molecule has 17 nitrogen and oxygen atoms in total. The van der Waals surface area contributed by atoms with Gasteiger partial charge in [0.15, 0.2) is 0 Å². The minimum Gasteiger partial charge on any atom is -0.732 e. The predicted molar refractivity (Wildman–Crippen MR) is 95.4 cm³/mol. The standard InChI is InChI=1S/C12H7N7O10/c20-14(7-1-3-9-11(5-7)18(24)28-16(9)22)26-13-27-15(21)8-2-4-10-12(6-8)19(25)29-17(10)23/h1-6,13H/q-6. The van der Waals surface area contributed by atoms with Gasteiger partial charge in [0.25, 0.3) is 0 Å². The molecule has 2 heterocycles. The lowest BCUT2D eigenvalue weighted by molar-refractivity contribution is -0.174. The zero-order chi connectivity index (χ0) is 20.7. The van der Waals surface area contributed by atoms with E-state index in [4.69, 9.17) is 0 Å². The molecule has 0 radical (unpaired) electrons. The quantitative estimate of drug-likeness (QED) is 0.665. The molecule has 156 valence electrons. The van der Waals surface area contributed by atoms with E-state index in [1.54, 1.807) is 5.64 Å². The molecule has 2 aromatic rings. The molecular formula is C12H7N7O10-6. The van der Waals surface area contributed by atoms with Gasteiger partial charge in [-0.25, -0.2) is 0 Å². The summed E-state index contributed by atoms with van der Waals surface area (Å²) < 4.78 is 0. The third kappa shape index (κ3) is 3.49. The van der Waals surface area contributed by atoms with Gasteiger partial charge in [-0.05, 0) is 42.0 Å². The number of anilines is 6. The van der Waals surface area contributed by atoms with E-state index in [2.05, 4.69) is 19.8 Å². The maximum absolute atomic E-state index is 11.9. The first-order valence-corrected chi connectivity index (χ1v) is 7.42. The van der Waals surface area contributed by atoms with Crippen LogP contribution < -0.4 is 37.0 Å². The molecule has 4 rings (SSSR count). The summed E-state index contributed by atoms with van der Waals surface area (Å²) in [5.41, 5.74) is 0.352. The van der Waals surface area contributed by atoms with Crippen molar-refractivity contribution >= 4 is 34.1 Å². The van der Waals surface area contributed by atoms with E-state index in [0.717, 1.165) is 36.4 Å². The molecule has 17 heteroatoms. The number of nitrogens with one attached hydrogen (secondary N) is 1. The van der Waals surface area contributed by atoms with Crippen LogP contribution in [0.15, 0.2) is 36.4 Å². The van der Waals surface area contributed by atoms with Crippen molar-refractivity contribution in [2.24, 2.45) is 0 Å². The zero-order valence-electron chi connectivity index (χ0n) is 13.7. The van der Waals surface area contributed by atoms with Crippen LogP contribution in [0.4, 0.5) is 34.1 Å². The van der Waals surface area contributed by atoms with Crippen molar-refractivity contribution in [2.75, 3.05) is 31.4 Å². The average molecular weight is 409 g/mol. The van der Waals surface area contributed by atoms with Gasteiger partial charge in [0.1, 0.15) is 0 Å². The summed E-state index contributed by atoms with van der Waals surface area (Å²) >= 11 is 0. The van der Waals surface area contributed by atoms with Crippen LogP contribution in [0, 0.1) is 31.2 Å². The van der Waals surface area contributed by atoms with E-state index in [9.17, 15) is 31.2 Å². The number of rotatable bonds is 6. The fourth-order valence-electron chi connectivity index (χ4n) is 2.35. The maximum Gasteiger partial charge on any atom is 0.0805 e. The van der Waals surface area contributed by atoms with Crippen LogP contribution >= 0.6 is 0 Å². The molecule has 1 N–H and O–H groups in total. The highest BCUT2D eigenvalue weighted by atomic mass is 17.1. The second-order valence-corrected chi connectivity index (χ2v) is 5.32. The van der Waals surface area contributed by atoms with Gasteiger partial charge >= 0.3 is 0 Å². The zero-order valence-corrected chi connectivity index (χ0v) is 13.7. The normalized spacial score (nSPS) is 15.1. The minimum atomic E-state index is -0.247. The molecule has 0 unspecified atom stereocenters. The van der Waals surface area contributed by atoms with Gasteiger partial charge in [0.2, 0.25) is 0 Å². The van der Waals surface area contributed by atoms with Crippen molar-refractivity contribution in [2.45, 2.75) is 0 Å². The Morgan fingerprint density at radius 2 is 1.03 bits per heavy atom. The third-order valence-electron chi connectivity index (χ3n) is 3.66. The van der Waals surface area contributed by atoms with E-state index in [0.29, 0.717) is 0 Å². The van der Waals surface area contributed by atoms with Crippen LogP contribution in [0.3, 0.4) is 0 Å². The molecule has 0 spiro atoms. The van der Waals surface area contributed by atoms with Crippen molar-refractivity contribution in [3.8, 4) is 0 Å². The summed E-state index contributed by atoms with van der Waals surface area (Å²) in [4.78, 5) is 17.3. The van der Waals surface area contributed by atoms with E-state index < -0.39 is 0 Å². The van der Waals surface area contributed by atoms with E-state index in [-0.39, 0.29) is 65.5 Å². The SMILES string of the molecule is [O-]N(ONON([O-])c1ccc2c(c1)N([O-])ON2[O-])c1ccc2c(c1)N([O-])ON2[O-]. The first-order valence-electron chi connectivity index (χ1n) is 7.42. The van der Waals surface area contributed by atoms with Crippen LogP contribution in [0.2, 0.25) is 0 Å². The second-order valence-electron chi connectivity index (χ2n) is 5.32. The maximum atomic E-state index is 11.9. The molecule has 29 heavy (non-hydrogen) atoms. The van der Waals surface area contributed by atoms with Crippen molar-refractivity contribution in [3.63, 3.8) is 0 Å². The monoisotopic (exact) mass is 409 g/mol. The van der Waals surface area contributed by atoms with Crippen LogP contribution in [0.25, 0.3) is 0 Å². The van der Waals surface area contributed by atoms with Gasteiger partial charge < -0.3 is 31.2 Å². The summed E-state index contributed by atoms with van der Waals surface area (Å²) in [5.74, 6) is 0. The molecule has 0 saturated heterocycles. The topological polar surface area (TPSA) is 207 Å². The molecule has 2 aliphatic rings. The molecule has 2 aliphatic heterocycles. The Kier molecular flexibility index (Phi) is 4.83. The summed E-state index contributed by atoms with van der Waals surface area (Å²) in [5, 5.41) is 68.3. The fourth-order valence-corrected chi connectivity index (χ4v) is 2.35. The molecule has 0 aliphatic carbocycles. The highest BCUT2D eigenvalue weighted by Crippen LogP contribution is 2.39. The van der Waals surface area contributed by atoms with Gasteiger partial charge in [0, 0.05) is 0 Å². The Bertz CT molecular complexity index is 834. The molecule has 0 bridgehead atoms. The number of nitrogens with zero attached hydrogens (tertiary/aromatic N) is 6. The molecule has 0 fully saturated rings. The first kappa shape index (κ1) is 19.1.